The third kappa shape index (κ3) is 3.52. The Labute approximate surface area is 120 Å². The van der Waals surface area contributed by atoms with E-state index in [1.807, 2.05) is 0 Å². The Bertz CT molecular complexity index is 272. The van der Waals surface area contributed by atoms with Gasteiger partial charge in [0, 0.05) is 18.1 Å². The Morgan fingerprint density at radius 3 is 1.53 bits per heavy atom. The first-order valence-corrected chi connectivity index (χ1v) is 8.11. The Morgan fingerprint density at radius 1 is 0.737 bits per heavy atom. The van der Waals surface area contributed by atoms with Crippen molar-refractivity contribution < 1.29 is 4.74 Å². The molecule has 1 aliphatic rings. The lowest BCUT2D eigenvalue weighted by Gasteiger charge is -2.54. The summed E-state index contributed by atoms with van der Waals surface area (Å²) < 4.78 is 6.53. The molecule has 114 valence electrons. The minimum Gasteiger partial charge on any atom is -0.371 e. The van der Waals surface area contributed by atoms with Crippen molar-refractivity contribution in [1.82, 2.24) is 4.90 Å². The maximum atomic E-state index is 6.53. The molecule has 0 aliphatic carbocycles. The number of hydrogen-bond donors (Lipinski definition) is 0. The van der Waals surface area contributed by atoms with E-state index in [2.05, 4.69) is 67.2 Å². The van der Waals surface area contributed by atoms with Crippen LogP contribution >= 0.6 is 0 Å². The van der Waals surface area contributed by atoms with Crippen LogP contribution in [0.2, 0.25) is 0 Å². The Balaban J connectivity index is 3.11. The van der Waals surface area contributed by atoms with Gasteiger partial charge in [0.25, 0.3) is 0 Å². The fraction of sp³-hybridized carbons (Fsp3) is 1.00. The van der Waals surface area contributed by atoms with Gasteiger partial charge in [0.1, 0.15) is 0 Å². The van der Waals surface area contributed by atoms with Crippen LogP contribution in [0.3, 0.4) is 0 Å². The number of ether oxygens (including phenoxy) is 1. The van der Waals surface area contributed by atoms with Crippen molar-refractivity contribution in [3.05, 3.63) is 0 Å². The maximum Gasteiger partial charge on any atom is 0.0760 e. The standard InChI is InChI=1S/C17H35NO/c1-10(2)15-17(12(5)6)19-16(11(3)4)14(9)18(15)13(7)8/h10-17H,1-9H3. The van der Waals surface area contributed by atoms with E-state index in [0.717, 1.165) is 0 Å². The van der Waals surface area contributed by atoms with Gasteiger partial charge in [-0.05, 0) is 38.5 Å². The Morgan fingerprint density at radius 2 is 1.21 bits per heavy atom. The van der Waals surface area contributed by atoms with Gasteiger partial charge in [0.15, 0.2) is 0 Å². The SMILES string of the molecule is CC(C)C1OC(C(C)C)C(C(C)C)N(C(C)C)C1C. The highest BCUT2D eigenvalue weighted by molar-refractivity contribution is 4.97. The van der Waals surface area contributed by atoms with Gasteiger partial charge in [0.2, 0.25) is 0 Å². The average Bonchev–Trinajstić information content (AvgIpc) is 2.26. The van der Waals surface area contributed by atoms with E-state index in [1.54, 1.807) is 0 Å². The van der Waals surface area contributed by atoms with Crippen LogP contribution in [-0.4, -0.2) is 35.2 Å². The van der Waals surface area contributed by atoms with Gasteiger partial charge in [-0.1, -0.05) is 41.5 Å². The smallest absolute Gasteiger partial charge is 0.0760 e. The van der Waals surface area contributed by atoms with E-state index in [4.69, 9.17) is 4.74 Å². The molecule has 0 amide bonds. The topological polar surface area (TPSA) is 12.5 Å². The summed E-state index contributed by atoms with van der Waals surface area (Å²) in [7, 11) is 0. The zero-order valence-electron chi connectivity index (χ0n) is 14.5. The lowest BCUT2D eigenvalue weighted by Crippen LogP contribution is -2.65. The van der Waals surface area contributed by atoms with Crippen LogP contribution in [0.25, 0.3) is 0 Å². The van der Waals surface area contributed by atoms with Crippen molar-refractivity contribution in [3.8, 4) is 0 Å². The molecular formula is C17H35NO. The van der Waals surface area contributed by atoms with E-state index >= 15 is 0 Å². The van der Waals surface area contributed by atoms with Crippen LogP contribution in [0.15, 0.2) is 0 Å². The zero-order valence-corrected chi connectivity index (χ0v) is 14.5. The van der Waals surface area contributed by atoms with Crippen LogP contribution in [0, 0.1) is 17.8 Å². The van der Waals surface area contributed by atoms with Crippen LogP contribution in [-0.2, 0) is 4.74 Å². The lowest BCUT2D eigenvalue weighted by atomic mass is 9.83. The first-order chi connectivity index (χ1) is 8.68. The second-order valence-electron chi connectivity index (χ2n) is 7.57. The number of nitrogens with zero attached hydrogens (tertiary/aromatic N) is 1. The summed E-state index contributed by atoms with van der Waals surface area (Å²) in [5, 5.41) is 0. The van der Waals surface area contributed by atoms with Crippen LogP contribution < -0.4 is 0 Å². The minimum absolute atomic E-state index is 0.352. The van der Waals surface area contributed by atoms with Gasteiger partial charge in [-0.2, -0.15) is 0 Å². The van der Waals surface area contributed by atoms with Crippen molar-refractivity contribution in [2.75, 3.05) is 0 Å². The highest BCUT2D eigenvalue weighted by atomic mass is 16.5. The zero-order chi connectivity index (χ0) is 14.9. The average molecular weight is 269 g/mol. The van der Waals surface area contributed by atoms with E-state index in [1.165, 1.54) is 0 Å². The highest BCUT2D eigenvalue weighted by Crippen LogP contribution is 2.35. The molecule has 1 saturated heterocycles. The van der Waals surface area contributed by atoms with Crippen LogP contribution in [0.4, 0.5) is 0 Å². The second kappa shape index (κ2) is 6.58. The molecule has 0 aromatic heterocycles. The van der Waals surface area contributed by atoms with E-state index in [9.17, 15) is 0 Å². The summed E-state index contributed by atoms with van der Waals surface area (Å²) in [6.07, 6.45) is 0.704. The molecule has 0 bridgehead atoms. The molecule has 0 aromatic carbocycles. The third-order valence-corrected chi connectivity index (χ3v) is 4.53. The molecular weight excluding hydrogens is 234 g/mol. The molecule has 0 N–H and O–H groups in total. The van der Waals surface area contributed by atoms with Gasteiger partial charge in [-0.3, -0.25) is 4.90 Å². The first kappa shape index (κ1) is 17.0. The van der Waals surface area contributed by atoms with Crippen molar-refractivity contribution in [3.63, 3.8) is 0 Å². The van der Waals surface area contributed by atoms with Crippen molar-refractivity contribution in [1.29, 1.82) is 0 Å². The number of morpholine rings is 1. The van der Waals surface area contributed by atoms with Gasteiger partial charge in [0.05, 0.1) is 12.2 Å². The molecule has 0 aromatic rings. The molecule has 0 saturated carbocycles. The van der Waals surface area contributed by atoms with Gasteiger partial charge < -0.3 is 4.74 Å². The predicted molar refractivity (Wildman–Crippen MR) is 83.4 cm³/mol. The number of hydrogen-bond acceptors (Lipinski definition) is 2. The normalized spacial score (nSPS) is 33.9. The minimum atomic E-state index is 0.352. The molecule has 0 spiro atoms. The molecule has 1 aliphatic heterocycles. The van der Waals surface area contributed by atoms with Gasteiger partial charge in [-0.15, -0.1) is 0 Å². The molecule has 2 nitrogen and oxygen atoms in total. The van der Waals surface area contributed by atoms with Crippen LogP contribution in [0.1, 0.15) is 62.3 Å². The molecule has 1 rings (SSSR count). The van der Waals surface area contributed by atoms with Gasteiger partial charge in [-0.25, -0.2) is 0 Å². The van der Waals surface area contributed by atoms with Crippen molar-refractivity contribution >= 4 is 0 Å². The van der Waals surface area contributed by atoms with Crippen LogP contribution in [0.5, 0.6) is 0 Å². The second-order valence-corrected chi connectivity index (χ2v) is 7.57. The Kier molecular flexibility index (Phi) is 5.88. The molecule has 19 heavy (non-hydrogen) atoms. The Hall–Kier alpha value is -0.0800. The van der Waals surface area contributed by atoms with Crippen molar-refractivity contribution in [2.45, 2.75) is 92.6 Å². The molecule has 0 radical (unpaired) electrons. The summed E-state index contributed by atoms with van der Waals surface area (Å²) in [6, 6.07) is 1.61. The molecule has 4 atom stereocenters. The fourth-order valence-electron chi connectivity index (χ4n) is 3.79. The lowest BCUT2D eigenvalue weighted by molar-refractivity contribution is -0.193. The molecule has 4 unspecified atom stereocenters. The summed E-state index contributed by atoms with van der Waals surface area (Å²) in [5.74, 6) is 1.78. The summed E-state index contributed by atoms with van der Waals surface area (Å²) in [4.78, 5) is 2.71. The van der Waals surface area contributed by atoms with Crippen molar-refractivity contribution in [2.24, 2.45) is 17.8 Å². The molecule has 2 heteroatoms. The van der Waals surface area contributed by atoms with E-state index in [0.29, 0.717) is 48.1 Å². The first-order valence-electron chi connectivity index (χ1n) is 8.11. The summed E-state index contributed by atoms with van der Waals surface area (Å²) >= 11 is 0. The fourth-order valence-corrected chi connectivity index (χ4v) is 3.79. The maximum absolute atomic E-state index is 6.53. The molecule has 1 fully saturated rings. The summed E-state index contributed by atoms with van der Waals surface area (Å²) in [6.45, 7) is 20.8. The van der Waals surface area contributed by atoms with E-state index < -0.39 is 0 Å². The molecule has 1 heterocycles. The predicted octanol–water partition coefficient (Wildman–Crippen LogP) is 4.19. The highest BCUT2D eigenvalue weighted by Gasteiger charge is 2.45. The quantitative estimate of drug-likeness (QED) is 0.759. The largest absolute Gasteiger partial charge is 0.371 e. The van der Waals surface area contributed by atoms with Gasteiger partial charge >= 0.3 is 0 Å². The van der Waals surface area contributed by atoms with E-state index in [-0.39, 0.29) is 0 Å². The summed E-state index contributed by atoms with van der Waals surface area (Å²) in [5.41, 5.74) is 0. The third-order valence-electron chi connectivity index (χ3n) is 4.53. The number of rotatable bonds is 4. The monoisotopic (exact) mass is 269 g/mol.